The molecule has 136 valence electrons. The average Bonchev–Trinajstić information content (AvgIpc) is 3.49. The third kappa shape index (κ3) is 2.45. The summed E-state index contributed by atoms with van der Waals surface area (Å²) in [6.07, 6.45) is 6.87. The highest BCUT2D eigenvalue weighted by atomic mass is 32.2. The van der Waals surface area contributed by atoms with E-state index in [0.29, 0.717) is 19.0 Å². The standard InChI is InChI=1S/C19H22N4O2S/c24-26(25,15-6-7-15)22-12-8-19(9-13-22)14-23(18-20-10-3-11-21-18)17-5-2-1-4-16(17)19/h1-5,10-11,15H,6-9,12-14H2. The number of rotatable bonds is 3. The molecule has 0 radical (unpaired) electrons. The second-order valence-corrected chi connectivity index (χ2v) is 9.79. The van der Waals surface area contributed by atoms with E-state index in [1.54, 1.807) is 16.7 Å². The second kappa shape index (κ2) is 5.76. The number of fused-ring (bicyclic) bond motifs is 2. The minimum Gasteiger partial charge on any atom is -0.309 e. The molecule has 3 heterocycles. The van der Waals surface area contributed by atoms with Crippen LogP contribution in [0.25, 0.3) is 0 Å². The molecule has 1 saturated heterocycles. The van der Waals surface area contributed by atoms with Gasteiger partial charge in [0.25, 0.3) is 0 Å². The van der Waals surface area contributed by atoms with Crippen molar-refractivity contribution in [1.82, 2.24) is 14.3 Å². The van der Waals surface area contributed by atoms with Crippen LogP contribution in [0.3, 0.4) is 0 Å². The predicted molar refractivity (Wildman–Crippen MR) is 99.9 cm³/mol. The van der Waals surface area contributed by atoms with Gasteiger partial charge >= 0.3 is 0 Å². The minimum absolute atomic E-state index is 0.0225. The summed E-state index contributed by atoms with van der Waals surface area (Å²) in [5.74, 6) is 0.713. The largest absolute Gasteiger partial charge is 0.309 e. The number of para-hydroxylation sites is 1. The summed E-state index contributed by atoms with van der Waals surface area (Å²) >= 11 is 0. The molecule has 0 N–H and O–H groups in total. The molecule has 2 fully saturated rings. The summed E-state index contributed by atoms with van der Waals surface area (Å²) in [4.78, 5) is 11.0. The van der Waals surface area contributed by atoms with Crippen LogP contribution >= 0.6 is 0 Å². The van der Waals surface area contributed by atoms with E-state index in [-0.39, 0.29) is 10.7 Å². The van der Waals surface area contributed by atoms with Gasteiger partial charge in [-0.3, -0.25) is 0 Å². The molecule has 3 aliphatic rings. The first-order valence-corrected chi connectivity index (χ1v) is 10.7. The van der Waals surface area contributed by atoms with Crippen LogP contribution in [0.1, 0.15) is 31.2 Å². The lowest BCUT2D eigenvalue weighted by Gasteiger charge is -2.39. The van der Waals surface area contributed by atoms with Crippen molar-refractivity contribution in [1.29, 1.82) is 0 Å². The van der Waals surface area contributed by atoms with Gasteiger partial charge in [-0.15, -0.1) is 0 Å². The number of sulfonamides is 1. The lowest BCUT2D eigenvalue weighted by atomic mass is 9.75. The van der Waals surface area contributed by atoms with Crippen LogP contribution < -0.4 is 4.90 Å². The molecule has 2 aliphatic heterocycles. The van der Waals surface area contributed by atoms with Crippen molar-refractivity contribution in [2.45, 2.75) is 36.3 Å². The van der Waals surface area contributed by atoms with Crippen molar-refractivity contribution in [3.05, 3.63) is 48.3 Å². The molecule has 1 aliphatic carbocycles. The molecule has 26 heavy (non-hydrogen) atoms. The zero-order valence-corrected chi connectivity index (χ0v) is 15.4. The maximum Gasteiger partial charge on any atom is 0.229 e. The van der Waals surface area contributed by atoms with Crippen LogP contribution in [-0.2, 0) is 15.4 Å². The predicted octanol–water partition coefficient (Wildman–Crippen LogP) is 2.45. The fraction of sp³-hybridized carbons (Fsp3) is 0.474. The van der Waals surface area contributed by atoms with Crippen molar-refractivity contribution in [2.75, 3.05) is 24.5 Å². The third-order valence-electron chi connectivity index (χ3n) is 6.01. The molecule has 0 atom stereocenters. The monoisotopic (exact) mass is 370 g/mol. The van der Waals surface area contributed by atoms with Crippen LogP contribution in [0, 0.1) is 0 Å². The SMILES string of the molecule is O=S(=O)(C1CC1)N1CCC2(CC1)CN(c1ncccn1)c1ccccc12. The summed E-state index contributed by atoms with van der Waals surface area (Å²) in [6.45, 7) is 2.03. The van der Waals surface area contributed by atoms with E-state index >= 15 is 0 Å². The third-order valence-corrected chi connectivity index (χ3v) is 8.40. The Balaban J connectivity index is 1.45. The van der Waals surface area contributed by atoms with Crippen molar-refractivity contribution >= 4 is 21.7 Å². The molecule has 1 spiro atoms. The molecule has 1 aromatic carbocycles. The first-order chi connectivity index (χ1) is 12.6. The normalized spacial score (nSPS) is 22.5. The number of aromatic nitrogens is 2. The number of benzene rings is 1. The fourth-order valence-electron chi connectivity index (χ4n) is 4.41. The second-order valence-electron chi connectivity index (χ2n) is 7.58. The van der Waals surface area contributed by atoms with Crippen molar-refractivity contribution in [3.8, 4) is 0 Å². The Morgan fingerprint density at radius 2 is 1.69 bits per heavy atom. The first-order valence-electron chi connectivity index (χ1n) is 9.23. The van der Waals surface area contributed by atoms with Crippen molar-refractivity contribution in [3.63, 3.8) is 0 Å². The lowest BCUT2D eigenvalue weighted by Crippen LogP contribution is -2.47. The van der Waals surface area contributed by atoms with Gasteiger partial charge in [-0.2, -0.15) is 0 Å². The quantitative estimate of drug-likeness (QED) is 0.830. The highest BCUT2D eigenvalue weighted by Gasteiger charge is 2.49. The Hall–Kier alpha value is -1.99. The van der Waals surface area contributed by atoms with Gasteiger partial charge in [0, 0.05) is 43.1 Å². The van der Waals surface area contributed by atoms with Gasteiger partial charge in [-0.25, -0.2) is 22.7 Å². The smallest absolute Gasteiger partial charge is 0.229 e. The number of hydrogen-bond acceptors (Lipinski definition) is 5. The van der Waals surface area contributed by atoms with Gasteiger partial charge in [0.2, 0.25) is 16.0 Å². The van der Waals surface area contributed by atoms with Crippen LogP contribution in [0.5, 0.6) is 0 Å². The fourth-order valence-corrected chi connectivity index (χ4v) is 6.26. The lowest BCUT2D eigenvalue weighted by molar-refractivity contribution is 0.245. The van der Waals surface area contributed by atoms with E-state index in [2.05, 4.69) is 33.1 Å². The maximum absolute atomic E-state index is 12.6. The van der Waals surface area contributed by atoms with Crippen molar-refractivity contribution in [2.24, 2.45) is 0 Å². The summed E-state index contributed by atoms with van der Waals surface area (Å²) in [5, 5.41) is -0.123. The molecule has 1 aromatic heterocycles. The highest BCUT2D eigenvalue weighted by molar-refractivity contribution is 7.90. The van der Waals surface area contributed by atoms with Gasteiger partial charge in [0.05, 0.1) is 5.25 Å². The van der Waals surface area contributed by atoms with Gasteiger partial charge in [0.1, 0.15) is 0 Å². The van der Waals surface area contributed by atoms with E-state index in [9.17, 15) is 8.42 Å². The summed E-state index contributed by atoms with van der Waals surface area (Å²) in [6, 6.07) is 10.2. The summed E-state index contributed by atoms with van der Waals surface area (Å²) in [7, 11) is -3.08. The molecule has 0 unspecified atom stereocenters. The minimum atomic E-state index is -3.08. The van der Waals surface area contributed by atoms with Crippen LogP contribution in [0.4, 0.5) is 11.6 Å². The van der Waals surface area contributed by atoms with Crippen LogP contribution in [-0.4, -0.2) is 47.6 Å². The molecular weight excluding hydrogens is 348 g/mol. The average molecular weight is 370 g/mol. The Bertz CT molecular complexity index is 920. The highest BCUT2D eigenvalue weighted by Crippen LogP contribution is 2.49. The Morgan fingerprint density at radius 1 is 1.00 bits per heavy atom. The zero-order chi connectivity index (χ0) is 17.8. The van der Waals surface area contributed by atoms with Crippen LogP contribution in [0.2, 0.25) is 0 Å². The first kappa shape index (κ1) is 16.2. The zero-order valence-electron chi connectivity index (χ0n) is 14.6. The number of anilines is 2. The van der Waals surface area contributed by atoms with E-state index in [0.717, 1.165) is 37.9 Å². The van der Waals surface area contributed by atoms with E-state index in [1.807, 2.05) is 12.1 Å². The van der Waals surface area contributed by atoms with Crippen LogP contribution in [0.15, 0.2) is 42.7 Å². The molecule has 2 aromatic rings. The Kier molecular flexibility index (Phi) is 3.59. The molecular formula is C19H22N4O2S. The van der Waals surface area contributed by atoms with Gasteiger partial charge < -0.3 is 4.90 Å². The van der Waals surface area contributed by atoms with Gasteiger partial charge in [0.15, 0.2) is 0 Å². The molecule has 0 amide bonds. The number of hydrogen-bond donors (Lipinski definition) is 0. The van der Waals surface area contributed by atoms with Crippen molar-refractivity contribution < 1.29 is 8.42 Å². The molecule has 0 bridgehead atoms. The Labute approximate surface area is 153 Å². The molecule has 5 rings (SSSR count). The summed E-state index contributed by atoms with van der Waals surface area (Å²) in [5.41, 5.74) is 2.43. The number of nitrogens with zero attached hydrogens (tertiary/aromatic N) is 4. The van der Waals surface area contributed by atoms with Gasteiger partial charge in [-0.05, 0) is 43.4 Å². The Morgan fingerprint density at radius 3 is 2.38 bits per heavy atom. The summed E-state index contributed by atoms with van der Waals surface area (Å²) < 4.78 is 26.9. The number of piperidine rings is 1. The topological polar surface area (TPSA) is 66.4 Å². The van der Waals surface area contributed by atoms with Gasteiger partial charge in [-0.1, -0.05) is 18.2 Å². The molecule has 7 heteroatoms. The molecule has 1 saturated carbocycles. The van der Waals surface area contributed by atoms with E-state index in [4.69, 9.17) is 0 Å². The van der Waals surface area contributed by atoms with E-state index in [1.165, 1.54) is 5.56 Å². The maximum atomic E-state index is 12.6. The van der Waals surface area contributed by atoms with E-state index < -0.39 is 10.0 Å². The molecule has 6 nitrogen and oxygen atoms in total.